The van der Waals surface area contributed by atoms with E-state index in [9.17, 15) is 4.39 Å². The molecule has 0 aromatic heterocycles. The maximum absolute atomic E-state index is 12.7. The Morgan fingerprint density at radius 1 is 1.36 bits per heavy atom. The summed E-state index contributed by atoms with van der Waals surface area (Å²) in [6.45, 7) is 3.03. The molecule has 76 valence electrons. The predicted molar refractivity (Wildman–Crippen MR) is 54.6 cm³/mol. The predicted octanol–water partition coefficient (Wildman–Crippen LogP) is 1.40. The van der Waals surface area contributed by atoms with E-state index in [0.717, 1.165) is 19.6 Å². The molecule has 1 aliphatic rings. The highest BCUT2D eigenvalue weighted by Gasteiger charge is 2.19. The fourth-order valence-corrected chi connectivity index (χ4v) is 1.86. The van der Waals surface area contributed by atoms with E-state index in [-0.39, 0.29) is 5.82 Å². The first-order valence-corrected chi connectivity index (χ1v) is 4.94. The van der Waals surface area contributed by atoms with E-state index in [2.05, 4.69) is 17.3 Å². The molecular formula is C11H15FN2. The summed E-state index contributed by atoms with van der Waals surface area (Å²) in [5.74, 6) is -0.167. The fourth-order valence-electron chi connectivity index (χ4n) is 1.86. The van der Waals surface area contributed by atoms with E-state index < -0.39 is 0 Å². The summed E-state index contributed by atoms with van der Waals surface area (Å²) in [4.78, 5) is 2.30. The average molecular weight is 194 g/mol. The van der Waals surface area contributed by atoms with Crippen molar-refractivity contribution in [3.63, 3.8) is 0 Å². The molecule has 0 aliphatic carbocycles. The highest BCUT2D eigenvalue weighted by molar-refractivity contribution is 5.20. The lowest BCUT2D eigenvalue weighted by Gasteiger charge is -2.33. The van der Waals surface area contributed by atoms with Gasteiger partial charge >= 0.3 is 0 Å². The van der Waals surface area contributed by atoms with Gasteiger partial charge in [0.05, 0.1) is 0 Å². The Bertz CT molecular complexity index is 297. The van der Waals surface area contributed by atoms with Crippen LogP contribution in [-0.2, 0) is 0 Å². The number of benzene rings is 1. The second-order valence-corrected chi connectivity index (χ2v) is 3.75. The first kappa shape index (κ1) is 9.62. The molecule has 2 nitrogen and oxygen atoms in total. The third kappa shape index (κ3) is 1.94. The molecule has 0 radical (unpaired) electrons. The topological polar surface area (TPSA) is 15.3 Å². The van der Waals surface area contributed by atoms with E-state index in [1.165, 1.54) is 17.7 Å². The summed E-state index contributed by atoms with van der Waals surface area (Å²) in [5, 5.41) is 3.34. The standard InChI is InChI=1S/C11H15FN2/c1-14-7-6-13-8-11(14)9-2-4-10(12)5-3-9/h2-5,11,13H,6-8H2,1H3. The molecule has 14 heavy (non-hydrogen) atoms. The van der Waals surface area contributed by atoms with Gasteiger partial charge < -0.3 is 5.32 Å². The van der Waals surface area contributed by atoms with Gasteiger partial charge in [-0.3, -0.25) is 4.90 Å². The molecule has 0 amide bonds. The van der Waals surface area contributed by atoms with Crippen molar-refractivity contribution < 1.29 is 4.39 Å². The lowest BCUT2D eigenvalue weighted by atomic mass is 10.0. The van der Waals surface area contributed by atoms with E-state index >= 15 is 0 Å². The summed E-state index contributed by atoms with van der Waals surface area (Å²) in [6, 6.07) is 7.16. The summed E-state index contributed by atoms with van der Waals surface area (Å²) < 4.78 is 12.7. The Labute approximate surface area is 83.7 Å². The van der Waals surface area contributed by atoms with Crippen LogP contribution in [0.15, 0.2) is 24.3 Å². The highest BCUT2D eigenvalue weighted by atomic mass is 19.1. The molecule has 2 rings (SSSR count). The van der Waals surface area contributed by atoms with Crippen LogP contribution in [0, 0.1) is 5.82 Å². The molecule has 0 saturated carbocycles. The molecule has 1 unspecified atom stereocenters. The Kier molecular flexibility index (Phi) is 2.79. The Hall–Kier alpha value is -0.930. The average Bonchev–Trinajstić information content (AvgIpc) is 2.20. The molecule has 0 bridgehead atoms. The van der Waals surface area contributed by atoms with Crippen molar-refractivity contribution in [1.29, 1.82) is 0 Å². The molecule has 0 spiro atoms. The van der Waals surface area contributed by atoms with Crippen molar-refractivity contribution in [3.8, 4) is 0 Å². The minimum atomic E-state index is -0.167. The second kappa shape index (κ2) is 4.07. The molecule has 1 fully saturated rings. The Morgan fingerprint density at radius 3 is 2.71 bits per heavy atom. The Balaban J connectivity index is 2.16. The molecule has 1 aromatic carbocycles. The van der Waals surface area contributed by atoms with Crippen LogP contribution >= 0.6 is 0 Å². The maximum atomic E-state index is 12.7. The van der Waals surface area contributed by atoms with E-state index in [1.54, 1.807) is 0 Å². The van der Waals surface area contributed by atoms with Crippen LogP contribution in [0.5, 0.6) is 0 Å². The quantitative estimate of drug-likeness (QED) is 0.727. The van der Waals surface area contributed by atoms with Gasteiger partial charge in [-0.15, -0.1) is 0 Å². The van der Waals surface area contributed by atoms with Gasteiger partial charge in [-0.2, -0.15) is 0 Å². The zero-order valence-corrected chi connectivity index (χ0v) is 8.33. The summed E-state index contributed by atoms with van der Waals surface area (Å²) in [5.41, 5.74) is 1.18. The SMILES string of the molecule is CN1CCNCC1c1ccc(F)cc1. The van der Waals surface area contributed by atoms with Crippen LogP contribution in [0.3, 0.4) is 0 Å². The van der Waals surface area contributed by atoms with Crippen LogP contribution in [-0.4, -0.2) is 31.6 Å². The lowest BCUT2D eigenvalue weighted by molar-refractivity contribution is 0.202. The number of piperazine rings is 1. The van der Waals surface area contributed by atoms with Crippen molar-refractivity contribution in [1.82, 2.24) is 10.2 Å². The normalized spacial score (nSPS) is 23.7. The van der Waals surface area contributed by atoms with E-state index in [0.29, 0.717) is 6.04 Å². The Morgan fingerprint density at radius 2 is 2.07 bits per heavy atom. The largest absolute Gasteiger partial charge is 0.314 e. The van der Waals surface area contributed by atoms with E-state index in [1.807, 2.05) is 12.1 Å². The van der Waals surface area contributed by atoms with Gasteiger partial charge in [0.1, 0.15) is 5.82 Å². The number of hydrogen-bond donors (Lipinski definition) is 1. The molecule has 1 atom stereocenters. The van der Waals surface area contributed by atoms with Crippen molar-refractivity contribution in [2.24, 2.45) is 0 Å². The summed E-state index contributed by atoms with van der Waals surface area (Å²) >= 11 is 0. The van der Waals surface area contributed by atoms with Crippen LogP contribution in [0.1, 0.15) is 11.6 Å². The van der Waals surface area contributed by atoms with Gasteiger partial charge in [0.25, 0.3) is 0 Å². The number of rotatable bonds is 1. The van der Waals surface area contributed by atoms with Gasteiger partial charge in [0, 0.05) is 25.7 Å². The molecule has 1 aromatic rings. The van der Waals surface area contributed by atoms with Crippen LogP contribution in [0.2, 0.25) is 0 Å². The van der Waals surface area contributed by atoms with Crippen LogP contribution < -0.4 is 5.32 Å². The number of likely N-dealkylation sites (N-methyl/N-ethyl adjacent to an activating group) is 1. The van der Waals surface area contributed by atoms with Crippen molar-refractivity contribution in [2.45, 2.75) is 6.04 Å². The number of nitrogens with zero attached hydrogens (tertiary/aromatic N) is 1. The molecular weight excluding hydrogens is 179 g/mol. The van der Waals surface area contributed by atoms with Gasteiger partial charge in [-0.05, 0) is 24.7 Å². The van der Waals surface area contributed by atoms with Crippen LogP contribution in [0.25, 0.3) is 0 Å². The number of nitrogens with one attached hydrogen (secondary N) is 1. The molecule has 1 aliphatic heterocycles. The monoisotopic (exact) mass is 194 g/mol. The smallest absolute Gasteiger partial charge is 0.123 e. The van der Waals surface area contributed by atoms with Crippen molar-refractivity contribution >= 4 is 0 Å². The minimum absolute atomic E-state index is 0.167. The molecule has 1 N–H and O–H groups in total. The van der Waals surface area contributed by atoms with Gasteiger partial charge in [0.2, 0.25) is 0 Å². The number of halogens is 1. The molecule has 1 heterocycles. The second-order valence-electron chi connectivity index (χ2n) is 3.75. The maximum Gasteiger partial charge on any atom is 0.123 e. The zero-order chi connectivity index (χ0) is 9.97. The van der Waals surface area contributed by atoms with Crippen molar-refractivity contribution in [2.75, 3.05) is 26.7 Å². The molecule has 1 saturated heterocycles. The third-order valence-corrected chi connectivity index (χ3v) is 2.77. The van der Waals surface area contributed by atoms with Crippen molar-refractivity contribution in [3.05, 3.63) is 35.6 Å². The van der Waals surface area contributed by atoms with Gasteiger partial charge in [0.15, 0.2) is 0 Å². The first-order chi connectivity index (χ1) is 6.77. The lowest BCUT2D eigenvalue weighted by Crippen LogP contribution is -2.43. The molecule has 3 heteroatoms. The minimum Gasteiger partial charge on any atom is -0.314 e. The summed E-state index contributed by atoms with van der Waals surface area (Å²) in [7, 11) is 2.11. The first-order valence-electron chi connectivity index (χ1n) is 4.94. The fraction of sp³-hybridized carbons (Fsp3) is 0.455. The zero-order valence-electron chi connectivity index (χ0n) is 8.33. The van der Waals surface area contributed by atoms with Crippen LogP contribution in [0.4, 0.5) is 4.39 Å². The van der Waals surface area contributed by atoms with Gasteiger partial charge in [-0.25, -0.2) is 4.39 Å². The number of hydrogen-bond acceptors (Lipinski definition) is 2. The van der Waals surface area contributed by atoms with E-state index in [4.69, 9.17) is 0 Å². The third-order valence-electron chi connectivity index (χ3n) is 2.77. The van der Waals surface area contributed by atoms with Gasteiger partial charge in [-0.1, -0.05) is 12.1 Å². The highest BCUT2D eigenvalue weighted by Crippen LogP contribution is 2.20. The summed E-state index contributed by atoms with van der Waals surface area (Å²) in [6.07, 6.45) is 0.